The number of hydrogen-bond donors (Lipinski definition) is 1. The standard InChI is InChI=1S/C28H21FN2O3/c1-17-3-10-23(13-18(17)2)34-28-30-26-14-24(25(29)15-27(26)31-28)21-6-4-19(5-7-21)20-8-11-22(12-9-20)33-16-32/h3-16H,1-2H3,(H,30,31). The molecule has 5 nitrogen and oxygen atoms in total. The topological polar surface area (TPSA) is 64.2 Å². The Labute approximate surface area is 195 Å². The molecule has 0 aliphatic carbocycles. The van der Waals surface area contributed by atoms with Gasteiger partial charge < -0.3 is 14.5 Å². The number of imidazole rings is 1. The van der Waals surface area contributed by atoms with E-state index in [4.69, 9.17) is 9.47 Å². The van der Waals surface area contributed by atoms with E-state index >= 15 is 0 Å². The van der Waals surface area contributed by atoms with Crippen LogP contribution in [0.25, 0.3) is 33.3 Å². The Morgan fingerprint density at radius 3 is 2.12 bits per heavy atom. The maximum absolute atomic E-state index is 14.9. The number of aryl methyl sites for hydroxylation is 2. The number of carbonyl (C=O) groups is 1. The van der Waals surface area contributed by atoms with Gasteiger partial charge >= 0.3 is 0 Å². The van der Waals surface area contributed by atoms with Gasteiger partial charge in [0.15, 0.2) is 0 Å². The van der Waals surface area contributed by atoms with E-state index in [9.17, 15) is 9.18 Å². The Hall–Kier alpha value is -4.45. The number of fused-ring (bicyclic) bond motifs is 1. The van der Waals surface area contributed by atoms with Crippen molar-refractivity contribution in [3.8, 4) is 39.8 Å². The molecule has 0 saturated heterocycles. The molecule has 0 saturated carbocycles. The van der Waals surface area contributed by atoms with Gasteiger partial charge in [0, 0.05) is 11.6 Å². The smallest absolute Gasteiger partial charge is 0.300 e. The summed E-state index contributed by atoms with van der Waals surface area (Å²) in [5, 5.41) is 0. The molecular weight excluding hydrogens is 431 g/mol. The van der Waals surface area contributed by atoms with Crippen LogP contribution in [0.4, 0.5) is 4.39 Å². The lowest BCUT2D eigenvalue weighted by molar-refractivity contribution is -0.120. The highest BCUT2D eigenvalue weighted by Crippen LogP contribution is 2.31. The van der Waals surface area contributed by atoms with Gasteiger partial charge in [-0.15, -0.1) is 0 Å². The molecule has 0 atom stereocenters. The van der Waals surface area contributed by atoms with E-state index in [1.54, 1.807) is 18.2 Å². The van der Waals surface area contributed by atoms with Gasteiger partial charge in [-0.25, -0.2) is 4.39 Å². The van der Waals surface area contributed by atoms with Crippen molar-refractivity contribution in [1.29, 1.82) is 0 Å². The van der Waals surface area contributed by atoms with E-state index in [0.717, 1.165) is 22.3 Å². The maximum atomic E-state index is 14.9. The van der Waals surface area contributed by atoms with Crippen molar-refractivity contribution in [1.82, 2.24) is 9.97 Å². The molecular formula is C28H21FN2O3. The van der Waals surface area contributed by atoms with Crippen molar-refractivity contribution in [2.24, 2.45) is 0 Å². The minimum Gasteiger partial charge on any atom is -0.429 e. The van der Waals surface area contributed by atoms with Crippen molar-refractivity contribution >= 4 is 17.5 Å². The van der Waals surface area contributed by atoms with Gasteiger partial charge in [-0.3, -0.25) is 4.79 Å². The predicted molar refractivity (Wildman–Crippen MR) is 130 cm³/mol. The number of H-pyrrole nitrogens is 1. The van der Waals surface area contributed by atoms with E-state index in [2.05, 4.69) is 9.97 Å². The summed E-state index contributed by atoms with van der Waals surface area (Å²) in [6.07, 6.45) is 0. The molecule has 0 amide bonds. The van der Waals surface area contributed by atoms with Gasteiger partial charge in [0.05, 0.1) is 11.0 Å². The lowest BCUT2D eigenvalue weighted by Crippen LogP contribution is -1.88. The molecule has 0 radical (unpaired) electrons. The SMILES string of the molecule is Cc1ccc(Oc2nc3cc(-c4ccc(-c5ccc(OC=O)cc5)cc4)c(F)cc3[nH]2)cc1C. The quantitative estimate of drug-likeness (QED) is 0.282. The number of ether oxygens (including phenoxy) is 2. The van der Waals surface area contributed by atoms with Crippen molar-refractivity contribution in [3.63, 3.8) is 0 Å². The van der Waals surface area contributed by atoms with Crippen molar-refractivity contribution in [2.45, 2.75) is 13.8 Å². The zero-order chi connectivity index (χ0) is 23.7. The van der Waals surface area contributed by atoms with E-state index in [1.807, 2.05) is 68.4 Å². The number of carbonyl (C=O) groups excluding carboxylic acids is 1. The van der Waals surface area contributed by atoms with Gasteiger partial charge in [0.25, 0.3) is 12.5 Å². The van der Waals surface area contributed by atoms with Crippen LogP contribution in [0.5, 0.6) is 17.5 Å². The van der Waals surface area contributed by atoms with E-state index in [1.165, 1.54) is 11.6 Å². The van der Waals surface area contributed by atoms with Crippen LogP contribution in [-0.4, -0.2) is 16.4 Å². The van der Waals surface area contributed by atoms with Crippen LogP contribution >= 0.6 is 0 Å². The summed E-state index contributed by atoms with van der Waals surface area (Å²) in [6, 6.07) is 24.0. The molecule has 168 valence electrons. The third kappa shape index (κ3) is 4.26. The number of halogens is 1. The number of aromatic nitrogens is 2. The van der Waals surface area contributed by atoms with E-state index in [0.29, 0.717) is 40.6 Å². The minimum atomic E-state index is -0.350. The highest BCUT2D eigenvalue weighted by molar-refractivity contribution is 5.83. The molecule has 0 spiro atoms. The lowest BCUT2D eigenvalue weighted by Gasteiger charge is -2.07. The first kappa shape index (κ1) is 21.4. The van der Waals surface area contributed by atoms with E-state index in [-0.39, 0.29) is 5.82 Å². The fraction of sp³-hybridized carbons (Fsp3) is 0.0714. The first-order chi connectivity index (χ1) is 16.5. The minimum absolute atomic E-state index is 0.312. The van der Waals surface area contributed by atoms with Crippen LogP contribution in [-0.2, 0) is 4.79 Å². The summed E-state index contributed by atoms with van der Waals surface area (Å²) in [6.45, 7) is 4.45. The van der Waals surface area contributed by atoms with Gasteiger partial charge in [-0.2, -0.15) is 4.98 Å². The molecule has 1 N–H and O–H groups in total. The average Bonchev–Trinajstić information content (AvgIpc) is 3.23. The summed E-state index contributed by atoms with van der Waals surface area (Å²) < 4.78 is 25.6. The Morgan fingerprint density at radius 2 is 1.44 bits per heavy atom. The number of aromatic amines is 1. The third-order valence-electron chi connectivity index (χ3n) is 5.81. The Morgan fingerprint density at radius 1 is 0.794 bits per heavy atom. The van der Waals surface area contributed by atoms with Gasteiger partial charge in [0.1, 0.15) is 17.3 Å². The molecule has 6 heteroatoms. The Balaban J connectivity index is 1.41. The summed E-state index contributed by atoms with van der Waals surface area (Å²) in [4.78, 5) is 18.0. The van der Waals surface area contributed by atoms with Crippen LogP contribution in [0.3, 0.4) is 0 Å². The van der Waals surface area contributed by atoms with Crippen LogP contribution in [0, 0.1) is 19.7 Å². The number of nitrogens with one attached hydrogen (secondary N) is 1. The van der Waals surface area contributed by atoms with Gasteiger partial charge in [0.2, 0.25) is 0 Å². The second-order valence-electron chi connectivity index (χ2n) is 8.06. The summed E-state index contributed by atoms with van der Waals surface area (Å²) in [5.41, 5.74) is 6.60. The van der Waals surface area contributed by atoms with Crippen molar-refractivity contribution in [2.75, 3.05) is 0 Å². The molecule has 1 heterocycles. The average molecular weight is 452 g/mol. The molecule has 5 aromatic rings. The maximum Gasteiger partial charge on any atom is 0.300 e. The van der Waals surface area contributed by atoms with E-state index < -0.39 is 0 Å². The fourth-order valence-corrected chi connectivity index (χ4v) is 3.79. The monoisotopic (exact) mass is 452 g/mol. The second kappa shape index (κ2) is 8.83. The normalized spacial score (nSPS) is 10.9. The zero-order valence-electron chi connectivity index (χ0n) is 18.6. The van der Waals surface area contributed by atoms with Crippen LogP contribution in [0.2, 0.25) is 0 Å². The highest BCUT2D eigenvalue weighted by Gasteiger charge is 2.12. The molecule has 0 aliphatic heterocycles. The Kier molecular flexibility index (Phi) is 5.55. The zero-order valence-corrected chi connectivity index (χ0v) is 18.6. The summed E-state index contributed by atoms with van der Waals surface area (Å²) in [7, 11) is 0. The van der Waals surface area contributed by atoms with Crippen LogP contribution in [0.1, 0.15) is 11.1 Å². The number of hydrogen-bond acceptors (Lipinski definition) is 4. The molecule has 1 aromatic heterocycles. The highest BCUT2D eigenvalue weighted by atomic mass is 19.1. The largest absolute Gasteiger partial charge is 0.429 e. The summed E-state index contributed by atoms with van der Waals surface area (Å²) in [5.74, 6) is 0.798. The molecule has 0 unspecified atom stereocenters. The summed E-state index contributed by atoms with van der Waals surface area (Å²) >= 11 is 0. The lowest BCUT2D eigenvalue weighted by atomic mass is 9.99. The van der Waals surface area contributed by atoms with Gasteiger partial charge in [-0.1, -0.05) is 42.5 Å². The number of benzene rings is 4. The second-order valence-corrected chi connectivity index (χ2v) is 8.06. The molecule has 4 aromatic carbocycles. The first-order valence-electron chi connectivity index (χ1n) is 10.8. The fourth-order valence-electron chi connectivity index (χ4n) is 3.79. The third-order valence-corrected chi connectivity index (χ3v) is 5.81. The van der Waals surface area contributed by atoms with Gasteiger partial charge in [-0.05, 0) is 72.0 Å². The van der Waals surface area contributed by atoms with Crippen LogP contribution < -0.4 is 9.47 Å². The number of nitrogens with zero attached hydrogens (tertiary/aromatic N) is 1. The molecule has 0 aliphatic rings. The predicted octanol–water partition coefficient (Wildman–Crippen LogP) is 6.98. The van der Waals surface area contributed by atoms with Crippen LogP contribution in [0.15, 0.2) is 78.9 Å². The molecule has 34 heavy (non-hydrogen) atoms. The van der Waals surface area contributed by atoms with Crippen molar-refractivity contribution < 1.29 is 18.7 Å². The number of rotatable bonds is 6. The first-order valence-corrected chi connectivity index (χ1v) is 10.8. The molecule has 5 rings (SSSR count). The molecule has 0 bridgehead atoms. The molecule has 0 fully saturated rings. The Bertz CT molecular complexity index is 1490. The van der Waals surface area contributed by atoms with Crippen molar-refractivity contribution in [3.05, 3.63) is 95.8 Å².